The van der Waals surface area contributed by atoms with Crippen LogP contribution in [0.25, 0.3) is 11.1 Å². The van der Waals surface area contributed by atoms with E-state index in [2.05, 4.69) is 0 Å². The van der Waals surface area contributed by atoms with E-state index < -0.39 is 11.8 Å². The minimum Gasteiger partial charge on any atom is -0.478 e. The third kappa shape index (κ3) is 1.79. The number of furan rings is 1. The van der Waals surface area contributed by atoms with Crippen LogP contribution in [0.3, 0.4) is 0 Å². The van der Waals surface area contributed by atoms with E-state index in [4.69, 9.17) is 4.42 Å². The fourth-order valence-electron chi connectivity index (χ4n) is 2.11. The largest absolute Gasteiger partial charge is 0.478 e. The van der Waals surface area contributed by atoms with E-state index in [0.29, 0.717) is 16.9 Å². The van der Waals surface area contributed by atoms with Crippen molar-refractivity contribution in [3.05, 3.63) is 47.7 Å². The lowest BCUT2D eigenvalue weighted by atomic mass is 10.0. The van der Waals surface area contributed by atoms with Crippen molar-refractivity contribution in [2.24, 2.45) is 0 Å². The molecule has 3 nitrogen and oxygen atoms in total. The van der Waals surface area contributed by atoms with Crippen LogP contribution < -0.4 is 0 Å². The summed E-state index contributed by atoms with van der Waals surface area (Å²) in [5, 5.41) is 9.29. The predicted molar refractivity (Wildman–Crippen MR) is 63.0 cm³/mol. The number of halogens is 1. The zero-order valence-corrected chi connectivity index (χ0v) is 9.52. The van der Waals surface area contributed by atoms with Crippen molar-refractivity contribution in [1.82, 2.24) is 0 Å². The molecule has 0 atom stereocenters. The van der Waals surface area contributed by atoms with Gasteiger partial charge < -0.3 is 9.52 Å². The summed E-state index contributed by atoms with van der Waals surface area (Å²) < 4.78 is 18.6. The number of carbonyl (C=O) groups is 1. The topological polar surface area (TPSA) is 50.4 Å². The van der Waals surface area contributed by atoms with Gasteiger partial charge in [0.2, 0.25) is 0 Å². The maximum atomic E-state index is 13.2. The number of rotatable bonds is 3. The Balaban J connectivity index is 2.14. The molecule has 0 saturated heterocycles. The molecule has 1 saturated carbocycles. The SMILES string of the molecule is O=C(O)c1c(-c2cccc(F)c2)coc1C1CC1. The molecule has 0 spiro atoms. The zero-order chi connectivity index (χ0) is 12.7. The Hall–Kier alpha value is -2.10. The van der Waals surface area contributed by atoms with Gasteiger partial charge in [0.15, 0.2) is 0 Å². The highest BCUT2D eigenvalue weighted by Gasteiger charge is 2.33. The van der Waals surface area contributed by atoms with Crippen LogP contribution >= 0.6 is 0 Å². The molecule has 0 amide bonds. The van der Waals surface area contributed by atoms with Crippen molar-refractivity contribution in [2.75, 3.05) is 0 Å². The predicted octanol–water partition coefficient (Wildman–Crippen LogP) is 3.66. The van der Waals surface area contributed by atoms with Gasteiger partial charge in [-0.2, -0.15) is 0 Å². The van der Waals surface area contributed by atoms with Crippen molar-refractivity contribution >= 4 is 5.97 Å². The van der Waals surface area contributed by atoms with E-state index in [1.807, 2.05) is 0 Å². The number of carboxylic acids is 1. The normalized spacial score (nSPS) is 14.7. The minimum absolute atomic E-state index is 0.170. The highest BCUT2D eigenvalue weighted by molar-refractivity contribution is 5.97. The Labute approximate surface area is 103 Å². The van der Waals surface area contributed by atoms with Crippen LogP contribution in [0.15, 0.2) is 34.9 Å². The summed E-state index contributed by atoms with van der Waals surface area (Å²) in [4.78, 5) is 11.3. The standard InChI is InChI=1S/C14H11FO3/c15-10-3-1-2-9(6-10)11-7-18-13(8-4-5-8)12(11)14(16)17/h1-3,6-8H,4-5H2,(H,16,17). The Morgan fingerprint density at radius 1 is 1.39 bits per heavy atom. The molecule has 2 aromatic rings. The summed E-state index contributed by atoms with van der Waals surface area (Å²) in [5.41, 5.74) is 1.15. The van der Waals surface area contributed by atoms with Gasteiger partial charge in [0.1, 0.15) is 17.1 Å². The van der Waals surface area contributed by atoms with Crippen LogP contribution in [0, 0.1) is 5.82 Å². The Bertz CT molecular complexity index is 611. The van der Waals surface area contributed by atoms with E-state index in [1.165, 1.54) is 18.4 Å². The molecule has 0 bridgehead atoms. The summed E-state index contributed by atoms with van der Waals surface area (Å²) in [6.45, 7) is 0. The molecule has 1 aromatic carbocycles. The van der Waals surface area contributed by atoms with Crippen LogP contribution in [0.5, 0.6) is 0 Å². The van der Waals surface area contributed by atoms with Gasteiger partial charge in [-0.3, -0.25) is 0 Å². The van der Waals surface area contributed by atoms with E-state index >= 15 is 0 Å². The van der Waals surface area contributed by atoms with E-state index in [1.54, 1.807) is 12.1 Å². The van der Waals surface area contributed by atoms with Crippen LogP contribution in [0.4, 0.5) is 4.39 Å². The maximum absolute atomic E-state index is 13.2. The molecule has 1 aliphatic carbocycles. The first-order valence-corrected chi connectivity index (χ1v) is 5.77. The summed E-state index contributed by atoms with van der Waals surface area (Å²) >= 11 is 0. The summed E-state index contributed by atoms with van der Waals surface area (Å²) in [6, 6.07) is 5.87. The second-order valence-electron chi connectivity index (χ2n) is 4.48. The summed E-state index contributed by atoms with van der Waals surface area (Å²) in [6.07, 6.45) is 3.32. The van der Waals surface area contributed by atoms with Crippen molar-refractivity contribution in [1.29, 1.82) is 0 Å². The average Bonchev–Trinajstić information content (AvgIpc) is 3.07. The molecule has 0 radical (unpaired) electrons. The third-order valence-electron chi connectivity index (χ3n) is 3.12. The maximum Gasteiger partial charge on any atom is 0.339 e. The fourth-order valence-corrected chi connectivity index (χ4v) is 2.11. The molecule has 92 valence electrons. The molecule has 1 aliphatic rings. The molecular formula is C14H11FO3. The Morgan fingerprint density at radius 2 is 2.17 bits per heavy atom. The second-order valence-corrected chi connectivity index (χ2v) is 4.48. The van der Waals surface area contributed by atoms with Gasteiger partial charge in [-0.05, 0) is 30.5 Å². The molecule has 1 heterocycles. The smallest absolute Gasteiger partial charge is 0.339 e. The second kappa shape index (κ2) is 3.98. The lowest BCUT2D eigenvalue weighted by Crippen LogP contribution is -2.00. The monoisotopic (exact) mass is 246 g/mol. The molecule has 18 heavy (non-hydrogen) atoms. The molecule has 4 heteroatoms. The summed E-state index contributed by atoms with van der Waals surface area (Å²) in [5.74, 6) is -0.692. The van der Waals surface area contributed by atoms with Gasteiger partial charge in [-0.15, -0.1) is 0 Å². The molecular weight excluding hydrogens is 235 g/mol. The molecule has 3 rings (SSSR count). The first kappa shape index (κ1) is 11.0. The Kier molecular flexibility index (Phi) is 2.44. The first-order valence-electron chi connectivity index (χ1n) is 5.77. The number of benzene rings is 1. The van der Waals surface area contributed by atoms with Crippen LogP contribution in [0.2, 0.25) is 0 Å². The molecule has 0 aliphatic heterocycles. The van der Waals surface area contributed by atoms with Crippen molar-refractivity contribution in [3.63, 3.8) is 0 Å². The van der Waals surface area contributed by atoms with Gasteiger partial charge in [-0.25, -0.2) is 9.18 Å². The fraction of sp³-hybridized carbons (Fsp3) is 0.214. The van der Waals surface area contributed by atoms with Gasteiger partial charge in [0.05, 0.1) is 6.26 Å². The van der Waals surface area contributed by atoms with Gasteiger partial charge >= 0.3 is 5.97 Å². The van der Waals surface area contributed by atoms with Gasteiger partial charge in [0.25, 0.3) is 0 Å². The highest BCUT2D eigenvalue weighted by atomic mass is 19.1. The van der Waals surface area contributed by atoms with Crippen LogP contribution in [-0.2, 0) is 0 Å². The number of hydrogen-bond acceptors (Lipinski definition) is 2. The third-order valence-corrected chi connectivity index (χ3v) is 3.12. The van der Waals surface area contributed by atoms with Gasteiger partial charge in [0, 0.05) is 11.5 Å². The van der Waals surface area contributed by atoms with Crippen molar-refractivity contribution in [3.8, 4) is 11.1 Å². The average molecular weight is 246 g/mol. The van der Waals surface area contributed by atoms with E-state index in [9.17, 15) is 14.3 Å². The summed E-state index contributed by atoms with van der Waals surface area (Å²) in [7, 11) is 0. The quantitative estimate of drug-likeness (QED) is 0.899. The molecule has 0 unspecified atom stereocenters. The number of hydrogen-bond donors (Lipinski definition) is 1. The first-order chi connectivity index (χ1) is 8.66. The van der Waals surface area contributed by atoms with E-state index in [0.717, 1.165) is 12.8 Å². The van der Waals surface area contributed by atoms with E-state index in [-0.39, 0.29) is 11.5 Å². The highest BCUT2D eigenvalue weighted by Crippen LogP contribution is 2.44. The molecule has 1 aromatic heterocycles. The molecule has 1 fully saturated rings. The lowest BCUT2D eigenvalue weighted by Gasteiger charge is -2.01. The number of carboxylic acid groups (broad SMARTS) is 1. The molecule has 1 N–H and O–H groups in total. The zero-order valence-electron chi connectivity index (χ0n) is 9.52. The van der Waals surface area contributed by atoms with Crippen molar-refractivity contribution in [2.45, 2.75) is 18.8 Å². The van der Waals surface area contributed by atoms with Crippen LogP contribution in [0.1, 0.15) is 34.9 Å². The Morgan fingerprint density at radius 3 is 2.78 bits per heavy atom. The lowest BCUT2D eigenvalue weighted by molar-refractivity contribution is 0.0695. The number of aromatic carboxylic acids is 1. The van der Waals surface area contributed by atoms with Gasteiger partial charge in [-0.1, -0.05) is 12.1 Å². The minimum atomic E-state index is -1.02. The van der Waals surface area contributed by atoms with Crippen molar-refractivity contribution < 1.29 is 18.7 Å². The van der Waals surface area contributed by atoms with Crippen LogP contribution in [-0.4, -0.2) is 11.1 Å².